The molecule has 0 spiro atoms. The van der Waals surface area contributed by atoms with Crippen molar-refractivity contribution >= 4 is 27.3 Å². The third-order valence-electron chi connectivity index (χ3n) is 2.92. The maximum atomic E-state index is 5.54. The molecule has 0 bridgehead atoms. The predicted octanol–water partition coefficient (Wildman–Crippen LogP) is 3.18. The van der Waals surface area contributed by atoms with Crippen LogP contribution in [0.4, 0.5) is 0 Å². The molecule has 3 nitrogen and oxygen atoms in total. The maximum Gasteiger partial charge on any atom is 0.159 e. The Morgan fingerprint density at radius 2 is 2.28 bits per heavy atom. The van der Waals surface area contributed by atoms with Crippen LogP contribution in [-0.4, -0.2) is 32.1 Å². The van der Waals surface area contributed by atoms with Crippen molar-refractivity contribution in [1.29, 1.82) is 0 Å². The van der Waals surface area contributed by atoms with Crippen molar-refractivity contribution in [2.45, 2.75) is 38.5 Å². The van der Waals surface area contributed by atoms with E-state index in [9.17, 15) is 0 Å². The van der Waals surface area contributed by atoms with E-state index in [1.165, 1.54) is 9.35 Å². The second-order valence-electron chi connectivity index (χ2n) is 4.49. The van der Waals surface area contributed by atoms with Crippen LogP contribution >= 0.6 is 27.3 Å². The lowest BCUT2D eigenvalue weighted by atomic mass is 10.1. The molecule has 1 aromatic heterocycles. The third-order valence-corrected chi connectivity index (χ3v) is 4.64. The summed E-state index contributed by atoms with van der Waals surface area (Å²) in [5.74, 6) is 0. The summed E-state index contributed by atoms with van der Waals surface area (Å²) in [7, 11) is 0. The van der Waals surface area contributed by atoms with Crippen LogP contribution in [0.3, 0.4) is 0 Å². The second kappa shape index (κ2) is 7.60. The molecular weight excluding hydrogens is 314 g/mol. The molecule has 1 saturated heterocycles. The number of nitrogens with one attached hydrogen (secondary N) is 1. The third kappa shape index (κ3) is 4.63. The van der Waals surface area contributed by atoms with E-state index in [0.29, 0.717) is 6.04 Å². The van der Waals surface area contributed by atoms with Gasteiger partial charge < -0.3 is 14.8 Å². The minimum Gasteiger partial charge on any atom is -0.350 e. The molecule has 102 valence electrons. The van der Waals surface area contributed by atoms with Crippen LogP contribution in [0.5, 0.6) is 0 Å². The van der Waals surface area contributed by atoms with Gasteiger partial charge in [-0.3, -0.25) is 0 Å². The molecule has 0 amide bonds. The molecule has 2 rings (SSSR count). The lowest BCUT2D eigenvalue weighted by Gasteiger charge is -2.20. The van der Waals surface area contributed by atoms with E-state index in [1.54, 1.807) is 11.3 Å². The number of halogens is 1. The number of rotatable bonds is 7. The van der Waals surface area contributed by atoms with E-state index in [0.717, 1.165) is 39.0 Å². The summed E-state index contributed by atoms with van der Waals surface area (Å²) in [6, 6.07) is 2.63. The van der Waals surface area contributed by atoms with Crippen molar-refractivity contribution < 1.29 is 9.47 Å². The Morgan fingerprint density at radius 3 is 2.89 bits per heavy atom. The first-order valence-electron chi connectivity index (χ1n) is 6.47. The van der Waals surface area contributed by atoms with Crippen LogP contribution in [0.25, 0.3) is 0 Å². The van der Waals surface area contributed by atoms with E-state index >= 15 is 0 Å². The highest BCUT2D eigenvalue weighted by molar-refractivity contribution is 9.10. The van der Waals surface area contributed by atoms with Gasteiger partial charge in [0.2, 0.25) is 0 Å². The zero-order valence-electron chi connectivity index (χ0n) is 10.7. The first-order chi connectivity index (χ1) is 8.78. The largest absolute Gasteiger partial charge is 0.350 e. The van der Waals surface area contributed by atoms with Crippen LogP contribution in [0.1, 0.15) is 24.6 Å². The van der Waals surface area contributed by atoms with Gasteiger partial charge in [0.05, 0.1) is 13.2 Å². The topological polar surface area (TPSA) is 30.5 Å². The molecule has 0 radical (unpaired) electrons. The van der Waals surface area contributed by atoms with Crippen molar-refractivity contribution in [1.82, 2.24) is 5.32 Å². The van der Waals surface area contributed by atoms with Crippen molar-refractivity contribution in [2.75, 3.05) is 19.8 Å². The van der Waals surface area contributed by atoms with Gasteiger partial charge in [0.15, 0.2) is 6.29 Å². The van der Waals surface area contributed by atoms with Gasteiger partial charge in [-0.05, 0) is 41.4 Å². The summed E-state index contributed by atoms with van der Waals surface area (Å²) >= 11 is 5.30. The number of thiophene rings is 1. The number of ether oxygens (including phenoxy) is 2. The fourth-order valence-electron chi connectivity index (χ4n) is 2.07. The fourth-order valence-corrected chi connectivity index (χ4v) is 3.60. The first kappa shape index (κ1) is 14.5. The molecule has 5 heteroatoms. The highest BCUT2D eigenvalue weighted by Crippen LogP contribution is 2.22. The summed E-state index contributed by atoms with van der Waals surface area (Å²) in [4.78, 5) is 1.40. The molecule has 1 unspecified atom stereocenters. The van der Waals surface area contributed by atoms with Crippen LogP contribution in [0, 0.1) is 0 Å². The molecular formula is C13H20BrNO2S. The van der Waals surface area contributed by atoms with Crippen LogP contribution in [0.2, 0.25) is 0 Å². The van der Waals surface area contributed by atoms with E-state index < -0.39 is 0 Å². The van der Waals surface area contributed by atoms with Crippen LogP contribution < -0.4 is 5.32 Å². The molecule has 0 aromatic carbocycles. The average Bonchev–Trinajstić information content (AvgIpc) is 2.98. The van der Waals surface area contributed by atoms with Crippen LogP contribution in [-0.2, 0) is 15.9 Å². The Kier molecular flexibility index (Phi) is 6.11. The zero-order valence-corrected chi connectivity index (χ0v) is 13.1. The lowest BCUT2D eigenvalue weighted by Crippen LogP contribution is -2.35. The van der Waals surface area contributed by atoms with Gasteiger partial charge in [0, 0.05) is 27.2 Å². The highest BCUT2D eigenvalue weighted by atomic mass is 79.9. The average molecular weight is 334 g/mol. The summed E-state index contributed by atoms with van der Waals surface area (Å²) in [6.07, 6.45) is 3.09. The molecule has 1 atom stereocenters. The number of hydrogen-bond donors (Lipinski definition) is 1. The summed E-state index contributed by atoms with van der Waals surface area (Å²) in [5, 5.41) is 5.72. The van der Waals surface area contributed by atoms with E-state index in [2.05, 4.69) is 39.6 Å². The molecule has 0 saturated carbocycles. The van der Waals surface area contributed by atoms with Gasteiger partial charge in [-0.15, -0.1) is 11.3 Å². The molecule has 1 aliphatic heterocycles. The quantitative estimate of drug-likeness (QED) is 0.831. The second-order valence-corrected chi connectivity index (χ2v) is 6.40. The molecule has 0 aliphatic carbocycles. The molecule has 1 fully saturated rings. The molecule has 1 aliphatic rings. The Hall–Kier alpha value is 0.0600. The first-order valence-corrected chi connectivity index (χ1v) is 8.14. The minimum absolute atomic E-state index is 0.0252. The van der Waals surface area contributed by atoms with Gasteiger partial charge in [0.25, 0.3) is 0 Å². The van der Waals surface area contributed by atoms with Gasteiger partial charge in [0.1, 0.15) is 0 Å². The van der Waals surface area contributed by atoms with Gasteiger partial charge in [-0.25, -0.2) is 0 Å². The minimum atomic E-state index is -0.0252. The molecule has 18 heavy (non-hydrogen) atoms. The summed E-state index contributed by atoms with van der Waals surface area (Å²) in [6.45, 7) is 4.70. The predicted molar refractivity (Wildman–Crippen MR) is 78.1 cm³/mol. The summed E-state index contributed by atoms with van der Waals surface area (Å²) in [5.41, 5.74) is 0. The van der Waals surface area contributed by atoms with Crippen molar-refractivity contribution in [3.63, 3.8) is 0 Å². The maximum absolute atomic E-state index is 5.54. The molecule has 1 aromatic rings. The Labute approximate surface area is 121 Å². The van der Waals surface area contributed by atoms with Crippen molar-refractivity contribution in [3.05, 3.63) is 20.8 Å². The Morgan fingerprint density at radius 1 is 1.50 bits per heavy atom. The standard InChI is InChI=1S/C13H20BrNO2S/c1-2-3-15-11(8-13-16-4-5-17-13)7-12-6-10(14)9-18-12/h6,9,11,13,15H,2-5,7-8H2,1H3. The molecule has 2 heterocycles. The van der Waals surface area contributed by atoms with Crippen molar-refractivity contribution in [3.8, 4) is 0 Å². The normalized spacial score (nSPS) is 18.3. The smallest absolute Gasteiger partial charge is 0.159 e. The monoisotopic (exact) mass is 333 g/mol. The Balaban J connectivity index is 1.86. The zero-order chi connectivity index (χ0) is 12.8. The fraction of sp³-hybridized carbons (Fsp3) is 0.692. The number of hydrogen-bond acceptors (Lipinski definition) is 4. The lowest BCUT2D eigenvalue weighted by molar-refractivity contribution is -0.0526. The highest BCUT2D eigenvalue weighted by Gasteiger charge is 2.21. The Bertz CT molecular complexity index is 353. The van der Waals surface area contributed by atoms with E-state index in [1.807, 2.05) is 0 Å². The van der Waals surface area contributed by atoms with Gasteiger partial charge >= 0.3 is 0 Å². The van der Waals surface area contributed by atoms with Crippen LogP contribution in [0.15, 0.2) is 15.9 Å². The molecule has 1 N–H and O–H groups in total. The van der Waals surface area contributed by atoms with E-state index in [-0.39, 0.29) is 6.29 Å². The van der Waals surface area contributed by atoms with E-state index in [4.69, 9.17) is 9.47 Å². The van der Waals surface area contributed by atoms with Crippen molar-refractivity contribution in [2.24, 2.45) is 0 Å². The van der Waals surface area contributed by atoms with Gasteiger partial charge in [-0.1, -0.05) is 6.92 Å². The SMILES string of the molecule is CCCNC(Cc1cc(Br)cs1)CC1OCCO1. The van der Waals surface area contributed by atoms with Gasteiger partial charge in [-0.2, -0.15) is 0 Å². The summed E-state index contributed by atoms with van der Waals surface area (Å²) < 4.78 is 12.2.